The smallest absolute Gasteiger partial charge is 0.231 e. The number of hydrogen-bond acceptors (Lipinski definition) is 5. The van der Waals surface area contributed by atoms with E-state index < -0.39 is 0 Å². The number of nitrogens with zero attached hydrogens (tertiary/aromatic N) is 2. The lowest BCUT2D eigenvalue weighted by atomic mass is 10.0. The summed E-state index contributed by atoms with van der Waals surface area (Å²) in [6.45, 7) is 7.31. The van der Waals surface area contributed by atoms with Crippen molar-refractivity contribution in [2.75, 3.05) is 13.7 Å². The third-order valence-corrected chi connectivity index (χ3v) is 3.87. The molecule has 3 unspecified atom stereocenters. The Bertz CT molecular complexity index is 392. The Hall–Kier alpha value is -0.940. The van der Waals surface area contributed by atoms with Crippen LogP contribution in [0, 0.1) is 5.92 Å². The van der Waals surface area contributed by atoms with Crippen LogP contribution in [-0.4, -0.2) is 29.8 Å². The predicted octanol–water partition coefficient (Wildman–Crippen LogP) is 2.66. The van der Waals surface area contributed by atoms with Gasteiger partial charge in [-0.3, -0.25) is 0 Å². The summed E-state index contributed by atoms with van der Waals surface area (Å²) in [7, 11) is 1.69. The topological polar surface area (TPSA) is 60.2 Å². The standard InChI is InChI=1S/C14H25N3O2/c1-5-15-11-8-6-7-10(11)14-16-13(17-19-14)12(18-4)9(2)3/h9-12,15H,5-8H2,1-4H3. The maximum absolute atomic E-state index is 5.48. The summed E-state index contributed by atoms with van der Waals surface area (Å²) in [6.07, 6.45) is 3.45. The van der Waals surface area contributed by atoms with Crippen molar-refractivity contribution in [3.8, 4) is 0 Å². The van der Waals surface area contributed by atoms with Crippen LogP contribution in [0.15, 0.2) is 4.52 Å². The molecule has 0 spiro atoms. The summed E-state index contributed by atoms with van der Waals surface area (Å²) in [6, 6.07) is 0.471. The third-order valence-electron chi connectivity index (χ3n) is 3.87. The van der Waals surface area contributed by atoms with Gasteiger partial charge < -0.3 is 14.6 Å². The highest BCUT2D eigenvalue weighted by atomic mass is 16.5. The minimum Gasteiger partial charge on any atom is -0.373 e. The first-order chi connectivity index (χ1) is 9.17. The monoisotopic (exact) mass is 267 g/mol. The van der Waals surface area contributed by atoms with E-state index in [0.717, 1.165) is 18.9 Å². The van der Waals surface area contributed by atoms with Gasteiger partial charge in [-0.05, 0) is 25.3 Å². The average molecular weight is 267 g/mol. The molecule has 0 aromatic carbocycles. The number of ether oxygens (including phenoxy) is 1. The predicted molar refractivity (Wildman–Crippen MR) is 72.9 cm³/mol. The summed E-state index contributed by atoms with van der Waals surface area (Å²) < 4.78 is 10.9. The number of aromatic nitrogens is 2. The van der Waals surface area contributed by atoms with Crippen molar-refractivity contribution in [2.45, 2.75) is 58.1 Å². The zero-order valence-corrected chi connectivity index (χ0v) is 12.3. The van der Waals surface area contributed by atoms with Gasteiger partial charge in [-0.15, -0.1) is 0 Å². The molecule has 0 bridgehead atoms. The van der Waals surface area contributed by atoms with Gasteiger partial charge in [0.2, 0.25) is 11.7 Å². The molecule has 1 aliphatic carbocycles. The highest BCUT2D eigenvalue weighted by molar-refractivity contribution is 5.04. The van der Waals surface area contributed by atoms with E-state index in [4.69, 9.17) is 9.26 Å². The second kappa shape index (κ2) is 6.48. The molecule has 0 aliphatic heterocycles. The van der Waals surface area contributed by atoms with Gasteiger partial charge in [-0.1, -0.05) is 32.3 Å². The Labute approximate surface area is 115 Å². The highest BCUT2D eigenvalue weighted by Gasteiger charge is 2.33. The van der Waals surface area contributed by atoms with Crippen LogP contribution >= 0.6 is 0 Å². The first-order valence-corrected chi connectivity index (χ1v) is 7.27. The zero-order chi connectivity index (χ0) is 13.8. The molecule has 1 heterocycles. The highest BCUT2D eigenvalue weighted by Crippen LogP contribution is 2.34. The molecule has 1 fully saturated rings. The van der Waals surface area contributed by atoms with Crippen LogP contribution in [0.2, 0.25) is 0 Å². The van der Waals surface area contributed by atoms with Gasteiger partial charge >= 0.3 is 0 Å². The van der Waals surface area contributed by atoms with E-state index in [1.165, 1.54) is 12.8 Å². The van der Waals surface area contributed by atoms with Crippen LogP contribution in [0.5, 0.6) is 0 Å². The third kappa shape index (κ3) is 3.15. The summed E-state index contributed by atoms with van der Waals surface area (Å²) in [5.41, 5.74) is 0. The molecule has 3 atom stereocenters. The molecule has 1 saturated carbocycles. The minimum absolute atomic E-state index is 0.0866. The number of rotatable bonds is 6. The lowest BCUT2D eigenvalue weighted by Gasteiger charge is -2.17. The molecule has 1 aromatic rings. The van der Waals surface area contributed by atoms with Crippen molar-refractivity contribution in [1.82, 2.24) is 15.5 Å². The lowest BCUT2D eigenvalue weighted by molar-refractivity contribution is 0.0555. The SMILES string of the molecule is CCNC1CCCC1c1nc(C(OC)C(C)C)no1. The Kier molecular flexibility index (Phi) is 4.93. The molecule has 2 rings (SSSR count). The molecule has 1 aliphatic rings. The van der Waals surface area contributed by atoms with E-state index in [1.807, 2.05) is 0 Å². The Morgan fingerprint density at radius 1 is 1.42 bits per heavy atom. The first kappa shape index (κ1) is 14.5. The quantitative estimate of drug-likeness (QED) is 0.858. The van der Waals surface area contributed by atoms with Crippen LogP contribution in [0.25, 0.3) is 0 Å². The van der Waals surface area contributed by atoms with Crippen LogP contribution in [0.4, 0.5) is 0 Å². The van der Waals surface area contributed by atoms with Crippen molar-refractivity contribution < 1.29 is 9.26 Å². The van der Waals surface area contributed by atoms with Gasteiger partial charge in [-0.25, -0.2) is 0 Å². The van der Waals surface area contributed by atoms with Crippen molar-refractivity contribution in [3.63, 3.8) is 0 Å². The normalized spacial score (nSPS) is 25.1. The van der Waals surface area contributed by atoms with Crippen molar-refractivity contribution >= 4 is 0 Å². The minimum atomic E-state index is -0.0866. The molecule has 19 heavy (non-hydrogen) atoms. The lowest BCUT2D eigenvalue weighted by Crippen LogP contribution is -2.31. The van der Waals surface area contributed by atoms with E-state index in [9.17, 15) is 0 Å². The molecule has 5 heteroatoms. The number of methoxy groups -OCH3 is 1. The van der Waals surface area contributed by atoms with Crippen LogP contribution in [0.1, 0.15) is 63.8 Å². The molecule has 1 N–H and O–H groups in total. The average Bonchev–Trinajstić information content (AvgIpc) is 2.98. The van der Waals surface area contributed by atoms with Crippen LogP contribution < -0.4 is 5.32 Å². The molecule has 0 radical (unpaired) electrons. The van der Waals surface area contributed by atoms with Crippen molar-refractivity contribution in [2.24, 2.45) is 5.92 Å². The Balaban J connectivity index is 2.11. The number of likely N-dealkylation sites (N-methyl/N-ethyl adjacent to an activating group) is 1. The van der Waals surface area contributed by atoms with Gasteiger partial charge in [0.1, 0.15) is 6.10 Å². The van der Waals surface area contributed by atoms with Gasteiger partial charge in [0.25, 0.3) is 0 Å². The molecule has 0 saturated heterocycles. The summed E-state index contributed by atoms with van der Waals surface area (Å²) in [5.74, 6) is 2.13. The van der Waals surface area contributed by atoms with Crippen molar-refractivity contribution in [3.05, 3.63) is 11.7 Å². The summed E-state index contributed by atoms with van der Waals surface area (Å²) >= 11 is 0. The fourth-order valence-electron chi connectivity index (χ4n) is 2.95. The van der Waals surface area contributed by atoms with Gasteiger partial charge in [0.05, 0.1) is 5.92 Å². The molecule has 108 valence electrons. The second-order valence-corrected chi connectivity index (χ2v) is 5.59. The zero-order valence-electron chi connectivity index (χ0n) is 12.3. The molecule has 0 amide bonds. The van der Waals surface area contributed by atoms with Crippen LogP contribution in [-0.2, 0) is 4.74 Å². The largest absolute Gasteiger partial charge is 0.373 e. The van der Waals surface area contributed by atoms with Crippen LogP contribution in [0.3, 0.4) is 0 Å². The Morgan fingerprint density at radius 3 is 2.84 bits per heavy atom. The molecule has 1 aromatic heterocycles. The first-order valence-electron chi connectivity index (χ1n) is 7.27. The number of hydrogen-bond donors (Lipinski definition) is 1. The fraction of sp³-hybridized carbons (Fsp3) is 0.857. The van der Waals surface area contributed by atoms with Crippen molar-refractivity contribution in [1.29, 1.82) is 0 Å². The van der Waals surface area contributed by atoms with E-state index in [-0.39, 0.29) is 6.10 Å². The molecular formula is C14H25N3O2. The van der Waals surface area contributed by atoms with E-state index >= 15 is 0 Å². The molecule has 5 nitrogen and oxygen atoms in total. The van der Waals surface area contributed by atoms with Gasteiger partial charge in [-0.2, -0.15) is 4.98 Å². The Morgan fingerprint density at radius 2 is 2.21 bits per heavy atom. The summed E-state index contributed by atoms with van der Waals surface area (Å²) in [5, 5.41) is 7.62. The number of nitrogens with one attached hydrogen (secondary N) is 1. The maximum atomic E-state index is 5.48. The fourth-order valence-corrected chi connectivity index (χ4v) is 2.95. The van der Waals surface area contributed by atoms with E-state index in [2.05, 4.69) is 36.2 Å². The second-order valence-electron chi connectivity index (χ2n) is 5.59. The van der Waals surface area contributed by atoms with E-state index in [1.54, 1.807) is 7.11 Å². The van der Waals surface area contributed by atoms with Gasteiger partial charge in [0.15, 0.2) is 0 Å². The van der Waals surface area contributed by atoms with Gasteiger partial charge in [0, 0.05) is 13.2 Å². The maximum Gasteiger partial charge on any atom is 0.231 e. The van der Waals surface area contributed by atoms with E-state index in [0.29, 0.717) is 23.7 Å². The molecular weight excluding hydrogens is 242 g/mol. The summed E-state index contributed by atoms with van der Waals surface area (Å²) in [4.78, 5) is 4.57.